The van der Waals surface area contributed by atoms with Gasteiger partial charge in [0.25, 0.3) is 0 Å². The molecular weight excluding hydrogens is 126 g/mol. The third-order valence-electron chi connectivity index (χ3n) is 0.720. The highest BCUT2D eigenvalue weighted by atomic mass is 35.5. The van der Waals surface area contributed by atoms with Gasteiger partial charge >= 0.3 is 0 Å². The maximum atomic E-state index is 7.83. The lowest BCUT2D eigenvalue weighted by molar-refractivity contribution is 0.669. The van der Waals surface area contributed by atoms with Crippen molar-refractivity contribution in [3.05, 3.63) is 10.4 Å². The number of rotatable bonds is 3. The van der Waals surface area contributed by atoms with Crippen molar-refractivity contribution in [2.24, 2.45) is 11.0 Å². The zero-order valence-corrected chi connectivity index (χ0v) is 5.47. The number of alkyl halides is 1. The minimum absolute atomic E-state index is 0.299. The van der Waals surface area contributed by atoms with Gasteiger partial charge in [-0.3, -0.25) is 0 Å². The first kappa shape index (κ1) is 7.60. The van der Waals surface area contributed by atoms with Gasteiger partial charge in [0.2, 0.25) is 0 Å². The number of hydrogen-bond acceptors (Lipinski definition) is 1. The molecule has 0 rings (SSSR count). The molecule has 0 saturated heterocycles. The summed E-state index contributed by atoms with van der Waals surface area (Å²) in [5.74, 6) is 0.853. The molecule has 0 bridgehead atoms. The molecular formula is C4H8ClN3. The third-order valence-corrected chi connectivity index (χ3v) is 1.25. The highest BCUT2D eigenvalue weighted by molar-refractivity contribution is 6.18. The molecule has 1 unspecified atom stereocenters. The Labute approximate surface area is 53.3 Å². The molecule has 0 aliphatic rings. The molecule has 0 radical (unpaired) electrons. The molecule has 0 fully saturated rings. The van der Waals surface area contributed by atoms with Gasteiger partial charge in [0.1, 0.15) is 0 Å². The van der Waals surface area contributed by atoms with E-state index >= 15 is 0 Å². The van der Waals surface area contributed by atoms with Gasteiger partial charge in [0.05, 0.1) is 0 Å². The minimum atomic E-state index is 0.299. The van der Waals surface area contributed by atoms with E-state index in [1.807, 2.05) is 6.92 Å². The first-order valence-corrected chi connectivity index (χ1v) is 2.91. The fraction of sp³-hybridized carbons (Fsp3) is 1.00. The molecule has 0 aromatic heterocycles. The van der Waals surface area contributed by atoms with Crippen LogP contribution < -0.4 is 0 Å². The van der Waals surface area contributed by atoms with E-state index in [0.29, 0.717) is 18.3 Å². The largest absolute Gasteiger partial charge is 0.126 e. The van der Waals surface area contributed by atoms with Gasteiger partial charge in [0, 0.05) is 17.3 Å². The van der Waals surface area contributed by atoms with E-state index < -0.39 is 0 Å². The Morgan fingerprint density at radius 1 is 1.88 bits per heavy atom. The molecule has 0 aliphatic heterocycles. The number of nitrogens with zero attached hydrogens (tertiary/aromatic N) is 3. The summed E-state index contributed by atoms with van der Waals surface area (Å²) < 4.78 is 0. The van der Waals surface area contributed by atoms with Gasteiger partial charge in [-0.15, -0.1) is 11.6 Å². The van der Waals surface area contributed by atoms with Crippen LogP contribution in [0.25, 0.3) is 10.4 Å². The Hall–Kier alpha value is -0.400. The minimum Gasteiger partial charge on any atom is -0.126 e. The molecule has 0 amide bonds. The van der Waals surface area contributed by atoms with Crippen LogP contribution in [-0.2, 0) is 0 Å². The molecule has 46 valence electrons. The van der Waals surface area contributed by atoms with E-state index in [-0.39, 0.29) is 0 Å². The Balaban J connectivity index is 3.23. The first-order valence-electron chi connectivity index (χ1n) is 2.38. The predicted molar refractivity (Wildman–Crippen MR) is 33.9 cm³/mol. The summed E-state index contributed by atoms with van der Waals surface area (Å²) in [5, 5.41) is 3.34. The van der Waals surface area contributed by atoms with Gasteiger partial charge in [-0.05, 0) is 11.4 Å². The van der Waals surface area contributed by atoms with E-state index in [9.17, 15) is 0 Å². The van der Waals surface area contributed by atoms with Crippen LogP contribution in [0.1, 0.15) is 6.92 Å². The molecule has 0 saturated carbocycles. The number of hydrogen-bond donors (Lipinski definition) is 0. The quantitative estimate of drug-likeness (QED) is 0.245. The van der Waals surface area contributed by atoms with E-state index in [2.05, 4.69) is 10.0 Å². The lowest BCUT2D eigenvalue weighted by Gasteiger charge is -1.97. The highest BCUT2D eigenvalue weighted by Gasteiger charge is 1.94. The monoisotopic (exact) mass is 133 g/mol. The van der Waals surface area contributed by atoms with E-state index in [0.717, 1.165) is 0 Å². The Morgan fingerprint density at radius 2 is 2.50 bits per heavy atom. The second kappa shape index (κ2) is 4.75. The maximum absolute atomic E-state index is 7.83. The average Bonchev–Trinajstić information content (AvgIpc) is 1.83. The fourth-order valence-corrected chi connectivity index (χ4v) is 0.322. The smallest absolute Gasteiger partial charge is 0.0294 e. The van der Waals surface area contributed by atoms with Crippen LogP contribution in [0.3, 0.4) is 0 Å². The SMILES string of the molecule is CC(CCl)CN=[N+]=[N-]. The van der Waals surface area contributed by atoms with Crippen molar-refractivity contribution < 1.29 is 0 Å². The van der Waals surface area contributed by atoms with Gasteiger partial charge < -0.3 is 0 Å². The van der Waals surface area contributed by atoms with Crippen LogP contribution in [0.2, 0.25) is 0 Å². The lowest BCUT2D eigenvalue weighted by atomic mass is 10.2. The van der Waals surface area contributed by atoms with Crippen LogP contribution in [0.15, 0.2) is 5.11 Å². The molecule has 0 aromatic rings. The number of azide groups is 1. The summed E-state index contributed by atoms with van der Waals surface area (Å²) in [6.45, 7) is 2.43. The fourth-order valence-electron chi connectivity index (χ4n) is 0.225. The lowest BCUT2D eigenvalue weighted by Crippen LogP contribution is -1.98. The summed E-state index contributed by atoms with van der Waals surface area (Å²) >= 11 is 5.40. The van der Waals surface area contributed by atoms with Gasteiger partial charge in [-0.25, -0.2) is 0 Å². The average molecular weight is 134 g/mol. The molecule has 3 nitrogen and oxygen atoms in total. The van der Waals surface area contributed by atoms with Gasteiger partial charge in [-0.1, -0.05) is 12.0 Å². The third kappa shape index (κ3) is 3.78. The molecule has 0 N–H and O–H groups in total. The Morgan fingerprint density at radius 3 is 2.88 bits per heavy atom. The maximum Gasteiger partial charge on any atom is 0.0294 e. The summed E-state index contributed by atoms with van der Waals surface area (Å²) in [5.41, 5.74) is 7.83. The van der Waals surface area contributed by atoms with Crippen molar-refractivity contribution in [1.82, 2.24) is 0 Å². The molecule has 4 heteroatoms. The van der Waals surface area contributed by atoms with Crippen LogP contribution in [-0.4, -0.2) is 12.4 Å². The summed E-state index contributed by atoms with van der Waals surface area (Å²) in [6, 6.07) is 0. The van der Waals surface area contributed by atoms with E-state index in [1.54, 1.807) is 0 Å². The summed E-state index contributed by atoms with van der Waals surface area (Å²) in [7, 11) is 0. The Bertz CT molecular complexity index is 97.5. The molecule has 0 heterocycles. The van der Waals surface area contributed by atoms with E-state index in [4.69, 9.17) is 17.1 Å². The van der Waals surface area contributed by atoms with Crippen LogP contribution in [0.5, 0.6) is 0 Å². The molecule has 0 aromatic carbocycles. The molecule has 1 atom stereocenters. The summed E-state index contributed by atoms with van der Waals surface area (Å²) in [4.78, 5) is 2.59. The molecule has 0 spiro atoms. The van der Waals surface area contributed by atoms with Crippen molar-refractivity contribution in [2.75, 3.05) is 12.4 Å². The van der Waals surface area contributed by atoms with Crippen molar-refractivity contribution in [3.8, 4) is 0 Å². The van der Waals surface area contributed by atoms with Crippen LogP contribution in [0, 0.1) is 5.92 Å². The van der Waals surface area contributed by atoms with Gasteiger partial charge in [0.15, 0.2) is 0 Å². The zero-order valence-electron chi connectivity index (χ0n) is 4.71. The second-order valence-electron chi connectivity index (χ2n) is 1.67. The van der Waals surface area contributed by atoms with Crippen molar-refractivity contribution in [3.63, 3.8) is 0 Å². The number of halogens is 1. The first-order chi connectivity index (χ1) is 3.81. The van der Waals surface area contributed by atoms with Gasteiger partial charge in [-0.2, -0.15) is 0 Å². The van der Waals surface area contributed by atoms with E-state index in [1.165, 1.54) is 0 Å². The topological polar surface area (TPSA) is 48.8 Å². The standard InChI is InChI=1S/C4H8ClN3/c1-4(2-5)3-7-8-6/h4H,2-3H2,1H3. The van der Waals surface area contributed by atoms with Crippen molar-refractivity contribution >= 4 is 11.6 Å². The Kier molecular flexibility index (Phi) is 4.51. The second-order valence-corrected chi connectivity index (χ2v) is 1.98. The molecule has 8 heavy (non-hydrogen) atoms. The predicted octanol–water partition coefficient (Wildman–Crippen LogP) is 2.17. The zero-order chi connectivity index (χ0) is 6.41. The van der Waals surface area contributed by atoms with Crippen molar-refractivity contribution in [2.45, 2.75) is 6.92 Å². The van der Waals surface area contributed by atoms with Crippen molar-refractivity contribution in [1.29, 1.82) is 0 Å². The van der Waals surface area contributed by atoms with Crippen LogP contribution in [0.4, 0.5) is 0 Å². The molecule has 0 aliphatic carbocycles. The highest BCUT2D eigenvalue weighted by Crippen LogP contribution is 1.97. The van der Waals surface area contributed by atoms with Crippen LogP contribution >= 0.6 is 11.6 Å². The normalized spacial score (nSPS) is 12.2. The summed E-state index contributed by atoms with van der Waals surface area (Å²) in [6.07, 6.45) is 0.